The number of nitrogens with one attached hydrogen (secondary N) is 1. The number of nitriles is 1. The predicted molar refractivity (Wildman–Crippen MR) is 53.3 cm³/mol. The van der Waals surface area contributed by atoms with Crippen LogP contribution >= 0.6 is 0 Å². The van der Waals surface area contributed by atoms with Gasteiger partial charge in [-0.25, -0.2) is 0 Å². The third kappa shape index (κ3) is 3.33. The smallest absolute Gasteiger partial charge is 0.0672 e. The molecule has 1 rings (SSSR count). The molecule has 3 nitrogen and oxygen atoms in total. The van der Waals surface area contributed by atoms with Crippen LogP contribution in [-0.4, -0.2) is 38.1 Å². The number of nitrogens with zero attached hydrogens (tertiary/aromatic N) is 2. The van der Waals surface area contributed by atoms with Crippen molar-refractivity contribution >= 4 is 0 Å². The van der Waals surface area contributed by atoms with E-state index in [4.69, 9.17) is 5.26 Å². The van der Waals surface area contributed by atoms with Crippen molar-refractivity contribution in [2.24, 2.45) is 5.92 Å². The average molecular weight is 181 g/mol. The van der Waals surface area contributed by atoms with Crippen LogP contribution in [0.4, 0.5) is 0 Å². The minimum Gasteiger partial charge on any atom is -0.311 e. The van der Waals surface area contributed by atoms with Gasteiger partial charge in [0.15, 0.2) is 0 Å². The highest BCUT2D eigenvalue weighted by Crippen LogP contribution is 2.24. The normalized spacial score (nSPS) is 27.8. The van der Waals surface area contributed by atoms with Gasteiger partial charge in [-0.3, -0.25) is 0 Å². The molecule has 1 saturated carbocycles. The lowest BCUT2D eigenvalue weighted by Gasteiger charge is -2.17. The number of hydrogen-bond donors (Lipinski definition) is 1. The van der Waals surface area contributed by atoms with E-state index in [1.54, 1.807) is 0 Å². The van der Waals surface area contributed by atoms with Crippen LogP contribution < -0.4 is 5.32 Å². The van der Waals surface area contributed by atoms with Crippen molar-refractivity contribution in [2.75, 3.05) is 27.2 Å². The van der Waals surface area contributed by atoms with E-state index in [1.807, 2.05) is 0 Å². The first-order chi connectivity index (χ1) is 6.24. The van der Waals surface area contributed by atoms with E-state index in [0.717, 1.165) is 19.5 Å². The van der Waals surface area contributed by atoms with Crippen LogP contribution in [0.5, 0.6) is 0 Å². The summed E-state index contributed by atoms with van der Waals surface area (Å²) in [4.78, 5) is 2.16. The molecule has 1 aliphatic rings. The van der Waals surface area contributed by atoms with Gasteiger partial charge in [0, 0.05) is 19.1 Å². The van der Waals surface area contributed by atoms with Crippen molar-refractivity contribution < 1.29 is 0 Å². The quantitative estimate of drug-likeness (QED) is 0.698. The van der Waals surface area contributed by atoms with E-state index < -0.39 is 0 Å². The van der Waals surface area contributed by atoms with E-state index in [-0.39, 0.29) is 5.92 Å². The number of rotatable bonds is 4. The molecule has 2 unspecified atom stereocenters. The number of likely N-dealkylation sites (N-methyl/N-ethyl adjacent to an activating group) is 1. The fourth-order valence-corrected chi connectivity index (χ4v) is 1.83. The highest BCUT2D eigenvalue weighted by Gasteiger charge is 2.25. The van der Waals surface area contributed by atoms with Gasteiger partial charge in [-0.2, -0.15) is 5.26 Å². The second-order valence-electron chi connectivity index (χ2n) is 4.03. The van der Waals surface area contributed by atoms with Crippen molar-refractivity contribution in [3.63, 3.8) is 0 Å². The molecular weight excluding hydrogens is 162 g/mol. The second kappa shape index (κ2) is 5.21. The van der Waals surface area contributed by atoms with Gasteiger partial charge in [0.25, 0.3) is 0 Å². The summed E-state index contributed by atoms with van der Waals surface area (Å²) in [6, 6.07) is 2.83. The summed E-state index contributed by atoms with van der Waals surface area (Å²) in [5, 5.41) is 12.3. The maximum atomic E-state index is 8.84. The van der Waals surface area contributed by atoms with Crippen molar-refractivity contribution in [1.29, 1.82) is 5.26 Å². The highest BCUT2D eigenvalue weighted by molar-refractivity contribution is 4.96. The molecule has 74 valence electrons. The third-order valence-electron chi connectivity index (χ3n) is 2.65. The van der Waals surface area contributed by atoms with Crippen LogP contribution in [0.2, 0.25) is 0 Å². The summed E-state index contributed by atoms with van der Waals surface area (Å²) < 4.78 is 0. The Balaban J connectivity index is 2.17. The first-order valence-corrected chi connectivity index (χ1v) is 5.01. The molecule has 0 aliphatic heterocycles. The van der Waals surface area contributed by atoms with Gasteiger partial charge in [-0.15, -0.1) is 0 Å². The van der Waals surface area contributed by atoms with E-state index in [9.17, 15) is 0 Å². The Bertz CT molecular complexity index is 183. The molecule has 0 aromatic rings. The van der Waals surface area contributed by atoms with Gasteiger partial charge < -0.3 is 10.2 Å². The van der Waals surface area contributed by atoms with Crippen molar-refractivity contribution in [3.8, 4) is 6.07 Å². The highest BCUT2D eigenvalue weighted by atomic mass is 15.1. The fraction of sp³-hybridized carbons (Fsp3) is 0.900. The summed E-state index contributed by atoms with van der Waals surface area (Å²) >= 11 is 0. The van der Waals surface area contributed by atoms with Crippen LogP contribution in [0, 0.1) is 17.2 Å². The van der Waals surface area contributed by atoms with Crippen molar-refractivity contribution in [2.45, 2.75) is 25.3 Å². The molecule has 0 saturated heterocycles. The molecule has 0 radical (unpaired) electrons. The topological polar surface area (TPSA) is 39.1 Å². The Morgan fingerprint density at radius 1 is 1.46 bits per heavy atom. The van der Waals surface area contributed by atoms with Crippen LogP contribution in [0.3, 0.4) is 0 Å². The maximum absolute atomic E-state index is 8.84. The fourth-order valence-electron chi connectivity index (χ4n) is 1.83. The molecule has 3 heteroatoms. The summed E-state index contributed by atoms with van der Waals surface area (Å²) in [7, 11) is 4.14. The van der Waals surface area contributed by atoms with Crippen molar-refractivity contribution in [1.82, 2.24) is 10.2 Å². The largest absolute Gasteiger partial charge is 0.311 e. The van der Waals surface area contributed by atoms with Crippen LogP contribution in [-0.2, 0) is 0 Å². The SMILES string of the molecule is CN(C)CCNC1CCCC1C#N. The Labute approximate surface area is 80.7 Å². The molecule has 2 atom stereocenters. The lowest BCUT2D eigenvalue weighted by molar-refractivity contribution is 0.372. The summed E-state index contributed by atoms with van der Waals surface area (Å²) in [6.45, 7) is 2.05. The van der Waals surface area contributed by atoms with Crippen LogP contribution in [0.25, 0.3) is 0 Å². The van der Waals surface area contributed by atoms with Crippen molar-refractivity contribution in [3.05, 3.63) is 0 Å². The van der Waals surface area contributed by atoms with Gasteiger partial charge in [0.2, 0.25) is 0 Å². The second-order valence-corrected chi connectivity index (χ2v) is 4.03. The lowest BCUT2D eigenvalue weighted by Crippen LogP contribution is -2.36. The molecule has 13 heavy (non-hydrogen) atoms. The van der Waals surface area contributed by atoms with Gasteiger partial charge in [-0.1, -0.05) is 6.42 Å². The zero-order valence-corrected chi connectivity index (χ0v) is 8.58. The Hall–Kier alpha value is -0.590. The van der Waals surface area contributed by atoms with Gasteiger partial charge in [0.05, 0.1) is 12.0 Å². The van der Waals surface area contributed by atoms with Gasteiger partial charge in [0.1, 0.15) is 0 Å². The Morgan fingerprint density at radius 3 is 2.85 bits per heavy atom. The van der Waals surface area contributed by atoms with E-state index >= 15 is 0 Å². The third-order valence-corrected chi connectivity index (χ3v) is 2.65. The molecule has 1 fully saturated rings. The monoisotopic (exact) mass is 181 g/mol. The Kier molecular flexibility index (Phi) is 4.20. The van der Waals surface area contributed by atoms with E-state index in [0.29, 0.717) is 6.04 Å². The van der Waals surface area contributed by atoms with Crippen LogP contribution in [0.15, 0.2) is 0 Å². The van der Waals surface area contributed by atoms with Gasteiger partial charge in [-0.05, 0) is 26.9 Å². The molecule has 0 aromatic carbocycles. The first-order valence-electron chi connectivity index (χ1n) is 5.01. The molecule has 0 aromatic heterocycles. The first kappa shape index (κ1) is 10.5. The summed E-state index contributed by atoms with van der Waals surface area (Å²) in [6.07, 6.45) is 3.46. The minimum atomic E-state index is 0.252. The molecule has 0 heterocycles. The lowest BCUT2D eigenvalue weighted by atomic mass is 10.1. The zero-order valence-electron chi connectivity index (χ0n) is 8.58. The Morgan fingerprint density at radius 2 is 2.23 bits per heavy atom. The molecular formula is C10H19N3. The molecule has 0 spiro atoms. The molecule has 1 N–H and O–H groups in total. The maximum Gasteiger partial charge on any atom is 0.0672 e. The summed E-state index contributed by atoms with van der Waals surface area (Å²) in [5.74, 6) is 0.252. The van der Waals surface area contributed by atoms with E-state index in [1.165, 1.54) is 12.8 Å². The van der Waals surface area contributed by atoms with Gasteiger partial charge >= 0.3 is 0 Å². The number of hydrogen-bond acceptors (Lipinski definition) is 3. The van der Waals surface area contributed by atoms with Crippen LogP contribution in [0.1, 0.15) is 19.3 Å². The summed E-state index contributed by atoms with van der Waals surface area (Å²) in [5.41, 5.74) is 0. The minimum absolute atomic E-state index is 0.252. The van der Waals surface area contributed by atoms with E-state index in [2.05, 4.69) is 30.4 Å². The zero-order chi connectivity index (χ0) is 9.68. The molecule has 0 bridgehead atoms. The predicted octanol–water partition coefficient (Wildman–Crippen LogP) is 0.830. The molecule has 1 aliphatic carbocycles. The standard InChI is InChI=1S/C10H19N3/c1-13(2)7-6-12-10-5-3-4-9(10)8-11/h9-10,12H,3-7H2,1-2H3. The average Bonchev–Trinajstić information content (AvgIpc) is 2.51. The molecule has 0 amide bonds.